The number of amides is 3. The van der Waals surface area contributed by atoms with E-state index in [9.17, 15) is 18.8 Å². The molecule has 3 amide bonds. The Morgan fingerprint density at radius 1 is 0.784 bits per heavy atom. The third-order valence-electron chi connectivity index (χ3n) is 8.27. The minimum absolute atomic E-state index is 0.0584. The largest absolute Gasteiger partial charge is 0.491 e. The van der Waals surface area contributed by atoms with Crippen molar-refractivity contribution in [3.05, 3.63) is 162 Å². The Balaban J connectivity index is 1.17. The maximum Gasteiger partial charge on any atom is 0.257 e. The number of hydrogen-bond donors (Lipinski definition) is 2. The summed E-state index contributed by atoms with van der Waals surface area (Å²) in [7, 11) is 1.64. The molecule has 5 aromatic carbocycles. The molecule has 1 aromatic heterocycles. The number of fused-ring (bicyclic) bond motifs is 1. The lowest BCUT2D eigenvalue weighted by molar-refractivity contribution is -0.132. The highest BCUT2D eigenvalue weighted by atomic mass is 19.1. The van der Waals surface area contributed by atoms with Crippen molar-refractivity contribution < 1.29 is 23.5 Å². The molecule has 6 rings (SSSR count). The van der Waals surface area contributed by atoms with E-state index in [-0.39, 0.29) is 30.3 Å². The molecule has 2 N–H and O–H groups in total. The van der Waals surface area contributed by atoms with Crippen molar-refractivity contribution in [2.45, 2.75) is 32.5 Å². The Labute approximate surface area is 295 Å². The average Bonchev–Trinajstić information content (AvgIpc) is 3.14. The molecule has 0 bridgehead atoms. The Morgan fingerprint density at radius 2 is 1.49 bits per heavy atom. The number of halogens is 1. The molecule has 8 nitrogen and oxygen atoms in total. The second kappa shape index (κ2) is 15.5. The second-order valence-electron chi connectivity index (χ2n) is 12.4. The fourth-order valence-corrected chi connectivity index (χ4v) is 5.75. The van der Waals surface area contributed by atoms with E-state index in [2.05, 4.69) is 15.6 Å². The number of nitrogens with one attached hydrogen (secondary N) is 2. The van der Waals surface area contributed by atoms with Gasteiger partial charge in [-0.05, 0) is 96.8 Å². The molecule has 0 fully saturated rings. The van der Waals surface area contributed by atoms with Crippen molar-refractivity contribution in [3.8, 4) is 16.9 Å². The van der Waals surface area contributed by atoms with Gasteiger partial charge in [0.1, 0.15) is 23.4 Å². The number of hydrogen-bond acceptors (Lipinski definition) is 5. The van der Waals surface area contributed by atoms with Gasteiger partial charge in [0.15, 0.2) is 0 Å². The molecule has 51 heavy (non-hydrogen) atoms. The molecule has 0 radical (unpaired) electrons. The Hall–Kier alpha value is -6.35. The highest BCUT2D eigenvalue weighted by molar-refractivity contribution is 6.09. The van der Waals surface area contributed by atoms with Crippen LogP contribution in [0.25, 0.3) is 22.0 Å². The van der Waals surface area contributed by atoms with Gasteiger partial charge in [0, 0.05) is 30.1 Å². The average molecular weight is 681 g/mol. The van der Waals surface area contributed by atoms with Gasteiger partial charge in [0.25, 0.3) is 11.8 Å². The third kappa shape index (κ3) is 8.45. The smallest absolute Gasteiger partial charge is 0.257 e. The van der Waals surface area contributed by atoms with Crippen LogP contribution in [0.5, 0.6) is 5.75 Å². The summed E-state index contributed by atoms with van der Waals surface area (Å²) in [4.78, 5) is 46.8. The number of ether oxygens (including phenoxy) is 1. The molecule has 0 aliphatic heterocycles. The van der Waals surface area contributed by atoms with Crippen LogP contribution < -0.4 is 15.4 Å². The van der Waals surface area contributed by atoms with Crippen molar-refractivity contribution in [3.63, 3.8) is 0 Å². The van der Waals surface area contributed by atoms with Gasteiger partial charge in [-0.1, -0.05) is 72.8 Å². The number of nitrogens with zero attached hydrogens (tertiary/aromatic N) is 2. The zero-order chi connectivity index (χ0) is 35.9. The van der Waals surface area contributed by atoms with Crippen LogP contribution in [0, 0.1) is 5.82 Å². The van der Waals surface area contributed by atoms with Gasteiger partial charge in [-0.3, -0.25) is 14.4 Å². The van der Waals surface area contributed by atoms with E-state index in [1.54, 1.807) is 79.8 Å². The minimum atomic E-state index is -0.954. The van der Waals surface area contributed by atoms with Crippen LogP contribution in [-0.4, -0.2) is 40.8 Å². The highest BCUT2D eigenvalue weighted by Crippen LogP contribution is 2.27. The van der Waals surface area contributed by atoms with E-state index >= 15 is 0 Å². The van der Waals surface area contributed by atoms with Crippen LogP contribution in [0.4, 0.5) is 10.2 Å². The lowest BCUT2D eigenvalue weighted by atomic mass is 9.99. The number of carbonyl (C=O) groups is 3. The lowest BCUT2D eigenvalue weighted by Crippen LogP contribution is -2.41. The van der Waals surface area contributed by atoms with Crippen molar-refractivity contribution in [2.24, 2.45) is 0 Å². The fourth-order valence-electron chi connectivity index (χ4n) is 5.75. The molecule has 9 heteroatoms. The molecular weight excluding hydrogens is 643 g/mol. The summed E-state index contributed by atoms with van der Waals surface area (Å²) >= 11 is 0. The normalized spacial score (nSPS) is 11.5. The Kier molecular flexibility index (Phi) is 10.5. The van der Waals surface area contributed by atoms with Crippen molar-refractivity contribution in [1.82, 2.24) is 15.2 Å². The van der Waals surface area contributed by atoms with Crippen LogP contribution in [0.2, 0.25) is 0 Å². The van der Waals surface area contributed by atoms with Crippen LogP contribution in [-0.2, 0) is 11.3 Å². The molecule has 0 saturated heterocycles. The maximum atomic E-state index is 13.7. The molecule has 6 aromatic rings. The van der Waals surface area contributed by atoms with Gasteiger partial charge >= 0.3 is 0 Å². The summed E-state index contributed by atoms with van der Waals surface area (Å²) < 4.78 is 19.2. The van der Waals surface area contributed by atoms with Crippen molar-refractivity contribution >= 4 is 34.4 Å². The van der Waals surface area contributed by atoms with Crippen molar-refractivity contribution in [1.29, 1.82) is 0 Å². The number of pyridine rings is 1. The molecule has 0 aliphatic rings. The molecule has 0 aliphatic carbocycles. The first-order valence-corrected chi connectivity index (χ1v) is 16.6. The Bertz CT molecular complexity index is 2170. The number of anilines is 1. The summed E-state index contributed by atoms with van der Waals surface area (Å²) in [6, 6.07) is 37.5. The molecule has 0 saturated carbocycles. The highest BCUT2D eigenvalue weighted by Gasteiger charge is 2.26. The van der Waals surface area contributed by atoms with Crippen LogP contribution in [0.3, 0.4) is 0 Å². The van der Waals surface area contributed by atoms with Crippen molar-refractivity contribution in [2.75, 3.05) is 12.4 Å². The summed E-state index contributed by atoms with van der Waals surface area (Å²) in [6.07, 6.45) is 0.0584. The van der Waals surface area contributed by atoms with E-state index < -0.39 is 11.9 Å². The summed E-state index contributed by atoms with van der Waals surface area (Å²) in [6.45, 7) is 4.18. The zero-order valence-corrected chi connectivity index (χ0v) is 28.5. The van der Waals surface area contributed by atoms with Gasteiger partial charge in [-0.15, -0.1) is 0 Å². The van der Waals surface area contributed by atoms with Gasteiger partial charge in [0.05, 0.1) is 11.6 Å². The summed E-state index contributed by atoms with van der Waals surface area (Å²) in [5, 5.41) is 6.49. The summed E-state index contributed by atoms with van der Waals surface area (Å²) in [5.41, 5.74) is 4.46. The first kappa shape index (κ1) is 34.5. The van der Waals surface area contributed by atoms with E-state index in [1.165, 1.54) is 17.0 Å². The van der Waals surface area contributed by atoms with Crippen LogP contribution in [0.1, 0.15) is 51.7 Å². The second-order valence-corrected chi connectivity index (χ2v) is 12.4. The molecule has 1 heterocycles. The van der Waals surface area contributed by atoms with Gasteiger partial charge in [-0.25, -0.2) is 9.37 Å². The molecule has 256 valence electrons. The topological polar surface area (TPSA) is 101 Å². The number of rotatable bonds is 11. The van der Waals surface area contributed by atoms with Gasteiger partial charge in [0.2, 0.25) is 5.91 Å². The van der Waals surface area contributed by atoms with E-state index in [0.717, 1.165) is 22.4 Å². The standard InChI is InChI=1S/C42H37FN4O4/c1-27(2)51-34-21-15-29(16-22-34)35-11-7-8-12-36(35)41(49)45-38-24-18-31-25-32(17-23-37(31)44-38)40(48)46-39(30-9-5-4-6-10-30)42(50)47(3)26-28-13-19-33(43)20-14-28/h4-25,27,39H,26H2,1-3H3,(H,46,48)(H,44,45,49)/t39-/m0/s1. The number of likely N-dealkylation sites (N-methyl/N-ethyl adjacent to an activating group) is 1. The number of benzene rings is 5. The summed E-state index contributed by atoms with van der Waals surface area (Å²) in [5.74, 6) is -0.304. The molecule has 1 atom stereocenters. The SMILES string of the molecule is CC(C)Oc1ccc(-c2ccccc2C(=O)Nc2ccc3cc(C(=O)N[C@H](C(=O)N(C)Cc4ccc(F)cc4)c4ccccc4)ccc3n2)cc1. The Morgan fingerprint density at radius 3 is 2.22 bits per heavy atom. The van der Waals surface area contributed by atoms with E-state index in [4.69, 9.17) is 4.74 Å². The van der Waals surface area contributed by atoms with E-state index in [1.807, 2.05) is 62.4 Å². The van der Waals surface area contributed by atoms with Gasteiger partial charge < -0.3 is 20.3 Å². The molecular formula is C42H37FN4O4. The predicted molar refractivity (Wildman–Crippen MR) is 197 cm³/mol. The lowest BCUT2D eigenvalue weighted by Gasteiger charge is -2.25. The zero-order valence-electron chi connectivity index (χ0n) is 28.5. The maximum absolute atomic E-state index is 13.7. The van der Waals surface area contributed by atoms with Gasteiger partial charge in [-0.2, -0.15) is 0 Å². The minimum Gasteiger partial charge on any atom is -0.491 e. The third-order valence-corrected chi connectivity index (χ3v) is 8.27. The number of carbonyl (C=O) groups excluding carboxylic acids is 3. The first-order valence-electron chi connectivity index (χ1n) is 16.6. The molecule has 0 unspecified atom stereocenters. The predicted octanol–water partition coefficient (Wildman–Crippen LogP) is 8.21. The monoisotopic (exact) mass is 680 g/mol. The van der Waals surface area contributed by atoms with Crippen LogP contribution in [0.15, 0.2) is 133 Å². The first-order chi connectivity index (χ1) is 24.6. The van der Waals surface area contributed by atoms with Crippen LogP contribution >= 0.6 is 0 Å². The molecule has 0 spiro atoms. The van der Waals surface area contributed by atoms with E-state index in [0.29, 0.717) is 33.4 Å². The fraction of sp³-hybridized carbons (Fsp3) is 0.143. The number of aromatic nitrogens is 1. The quantitative estimate of drug-likeness (QED) is 0.144.